The quantitative estimate of drug-likeness (QED) is 0.719. The van der Waals surface area contributed by atoms with E-state index in [1.54, 1.807) is 0 Å². The Morgan fingerprint density at radius 3 is 2.92 bits per heavy atom. The van der Waals surface area contributed by atoms with Crippen LogP contribution >= 0.6 is 0 Å². The summed E-state index contributed by atoms with van der Waals surface area (Å²) in [7, 11) is 0. The normalized spacial score (nSPS) is 26.9. The van der Waals surface area contributed by atoms with Gasteiger partial charge in [-0.05, 0) is 6.92 Å². The van der Waals surface area contributed by atoms with E-state index in [2.05, 4.69) is 36.2 Å². The second-order valence-electron chi connectivity index (χ2n) is 7.09. The molecule has 1 saturated heterocycles. The first-order valence-corrected chi connectivity index (χ1v) is 9.31. The van der Waals surface area contributed by atoms with Crippen molar-refractivity contribution >= 4 is 17.8 Å². The van der Waals surface area contributed by atoms with E-state index in [1.807, 2.05) is 19.3 Å². The van der Waals surface area contributed by atoms with Gasteiger partial charge in [-0.15, -0.1) is 0 Å². The summed E-state index contributed by atoms with van der Waals surface area (Å²) < 4.78 is 0. The Hall–Kier alpha value is -1.41. The molecule has 0 spiro atoms. The molecule has 0 aromatic rings. The first-order chi connectivity index (χ1) is 12.2. The van der Waals surface area contributed by atoms with Gasteiger partial charge < -0.3 is 10.4 Å². The highest BCUT2D eigenvalue weighted by molar-refractivity contribution is 5.95. The molecule has 0 aromatic heterocycles. The van der Waals surface area contributed by atoms with Gasteiger partial charge in [0.2, 0.25) is 0 Å². The zero-order chi connectivity index (χ0) is 17.5. The smallest absolute Gasteiger partial charge is 0.137 e. The maximum absolute atomic E-state index is 9.86. The summed E-state index contributed by atoms with van der Waals surface area (Å²) in [5, 5.41) is 13.6. The summed E-state index contributed by atoms with van der Waals surface area (Å²) in [5.41, 5.74) is 1.25. The highest BCUT2D eigenvalue weighted by Crippen LogP contribution is 2.10. The molecule has 0 amide bonds. The predicted octanol–water partition coefficient (Wildman–Crippen LogP) is 0.174. The summed E-state index contributed by atoms with van der Waals surface area (Å²) in [5.74, 6) is 0.934. The molecule has 0 radical (unpaired) electrons. The lowest BCUT2D eigenvalue weighted by atomic mass is 10.1. The average Bonchev–Trinajstić information content (AvgIpc) is 3.25. The van der Waals surface area contributed by atoms with Crippen LogP contribution in [0.1, 0.15) is 19.8 Å². The van der Waals surface area contributed by atoms with Crippen molar-refractivity contribution in [2.24, 2.45) is 15.0 Å². The summed E-state index contributed by atoms with van der Waals surface area (Å²) in [6.45, 7) is 8.88. The van der Waals surface area contributed by atoms with Crippen molar-refractivity contribution in [3.63, 3.8) is 0 Å². The number of hydrogen-bond acceptors (Lipinski definition) is 7. The van der Waals surface area contributed by atoms with Gasteiger partial charge in [-0.3, -0.25) is 19.8 Å². The van der Waals surface area contributed by atoms with Crippen molar-refractivity contribution < 1.29 is 5.11 Å². The minimum absolute atomic E-state index is 0.316. The predicted molar refractivity (Wildman–Crippen MR) is 103 cm³/mol. The highest BCUT2D eigenvalue weighted by atomic mass is 16.3. The molecule has 7 nitrogen and oxygen atoms in total. The molecule has 1 unspecified atom stereocenters. The van der Waals surface area contributed by atoms with Crippen LogP contribution in [-0.2, 0) is 0 Å². The highest BCUT2D eigenvalue weighted by Gasteiger charge is 2.21. The minimum Gasteiger partial charge on any atom is -0.392 e. The topological polar surface area (TPSA) is 75.8 Å². The number of nitrogens with zero attached hydrogens (tertiary/aromatic N) is 5. The van der Waals surface area contributed by atoms with Gasteiger partial charge in [-0.2, -0.15) is 0 Å². The Balaban J connectivity index is 1.59. The lowest BCUT2D eigenvalue weighted by molar-refractivity contribution is 0.116. The van der Waals surface area contributed by atoms with E-state index in [-0.39, 0.29) is 6.10 Å². The molecule has 2 N–H and O–H groups in total. The average molecular weight is 346 g/mol. The van der Waals surface area contributed by atoms with Gasteiger partial charge in [0.15, 0.2) is 0 Å². The number of β-amino-alcohol motifs (C(OH)–C–C–N with tert-alkyl or cyclic N) is 1. The number of hydrogen-bond donors (Lipinski definition) is 2. The van der Waals surface area contributed by atoms with Gasteiger partial charge in [0.05, 0.1) is 19.2 Å². The zero-order valence-electron chi connectivity index (χ0n) is 15.1. The lowest BCUT2D eigenvalue weighted by Gasteiger charge is -2.28. The maximum Gasteiger partial charge on any atom is 0.137 e. The number of aliphatic imine (C=N–C) groups is 3. The molecule has 25 heavy (non-hydrogen) atoms. The first kappa shape index (κ1) is 18.4. The molecule has 0 bridgehead atoms. The van der Waals surface area contributed by atoms with Crippen molar-refractivity contribution in [1.82, 2.24) is 15.1 Å². The van der Waals surface area contributed by atoms with Crippen LogP contribution in [0.4, 0.5) is 0 Å². The summed E-state index contributed by atoms with van der Waals surface area (Å²) in [6.07, 6.45) is 7.52. The number of aliphatic hydroxyl groups excluding tert-OH is 1. The first-order valence-electron chi connectivity index (χ1n) is 9.31. The third-order valence-corrected chi connectivity index (χ3v) is 4.75. The van der Waals surface area contributed by atoms with Crippen LogP contribution in [0.2, 0.25) is 0 Å². The molecule has 3 aliphatic heterocycles. The zero-order valence-corrected chi connectivity index (χ0v) is 15.1. The fourth-order valence-corrected chi connectivity index (χ4v) is 3.57. The van der Waals surface area contributed by atoms with Crippen molar-refractivity contribution in [1.29, 1.82) is 0 Å². The standard InChI is InChI=1S/C18H30N6O/c1-15(25)12-24-10-9-23(14-18-21-5-6-22-18)8-7-20-17(13-24)11-16-3-2-4-19-16/h2,4-5,15,17,20,25H,3,6-14H2,1H3/t15-,17?/m0/s1. The third-order valence-electron chi connectivity index (χ3n) is 4.75. The largest absolute Gasteiger partial charge is 0.392 e. The Morgan fingerprint density at radius 2 is 2.20 bits per heavy atom. The summed E-state index contributed by atoms with van der Waals surface area (Å²) in [4.78, 5) is 18.0. The Bertz CT molecular complexity index is 554. The number of allylic oxidation sites excluding steroid dienone is 1. The van der Waals surface area contributed by atoms with Gasteiger partial charge in [-0.1, -0.05) is 6.08 Å². The van der Waals surface area contributed by atoms with Crippen LogP contribution in [-0.4, -0.2) is 97.2 Å². The van der Waals surface area contributed by atoms with E-state index in [4.69, 9.17) is 0 Å². The molecule has 0 aliphatic carbocycles. The molecule has 0 saturated carbocycles. The minimum atomic E-state index is -0.316. The second kappa shape index (κ2) is 9.33. The molecule has 0 aromatic carbocycles. The van der Waals surface area contributed by atoms with Crippen LogP contribution in [0, 0.1) is 0 Å². The number of rotatable bonds is 6. The van der Waals surface area contributed by atoms with Gasteiger partial charge in [0.1, 0.15) is 5.84 Å². The van der Waals surface area contributed by atoms with Crippen molar-refractivity contribution in [2.45, 2.75) is 31.9 Å². The lowest BCUT2D eigenvalue weighted by Crippen LogP contribution is -2.44. The number of aliphatic hydroxyl groups is 1. The van der Waals surface area contributed by atoms with Crippen LogP contribution < -0.4 is 5.32 Å². The Kier molecular flexibility index (Phi) is 6.86. The molecule has 7 heteroatoms. The van der Waals surface area contributed by atoms with E-state index >= 15 is 0 Å². The van der Waals surface area contributed by atoms with Crippen LogP contribution in [0.15, 0.2) is 27.3 Å². The molecule has 3 heterocycles. The Morgan fingerprint density at radius 1 is 1.32 bits per heavy atom. The number of amidine groups is 1. The number of nitrogens with one attached hydrogen (secondary N) is 1. The molecular formula is C18H30N6O. The molecule has 138 valence electrons. The van der Waals surface area contributed by atoms with E-state index < -0.39 is 0 Å². The van der Waals surface area contributed by atoms with Gasteiger partial charge in [0.25, 0.3) is 0 Å². The van der Waals surface area contributed by atoms with E-state index in [0.717, 1.165) is 57.9 Å². The second-order valence-corrected chi connectivity index (χ2v) is 7.09. The van der Waals surface area contributed by atoms with Crippen LogP contribution in [0.5, 0.6) is 0 Å². The van der Waals surface area contributed by atoms with Gasteiger partial charge >= 0.3 is 0 Å². The Labute approximate surface area is 150 Å². The molecule has 2 atom stereocenters. The van der Waals surface area contributed by atoms with Gasteiger partial charge in [-0.25, -0.2) is 4.99 Å². The molecular weight excluding hydrogens is 316 g/mol. The molecule has 3 rings (SSSR count). The van der Waals surface area contributed by atoms with Gasteiger partial charge in [0, 0.05) is 76.3 Å². The van der Waals surface area contributed by atoms with E-state index in [0.29, 0.717) is 19.1 Å². The third kappa shape index (κ3) is 6.11. The SMILES string of the molecule is C[C@H](O)CN1CCN(CC2=NCC=N2)CCNC(CC2=NC=CC2)C1. The summed E-state index contributed by atoms with van der Waals surface area (Å²) in [6, 6.07) is 0.374. The monoisotopic (exact) mass is 346 g/mol. The van der Waals surface area contributed by atoms with Crippen molar-refractivity contribution in [3.8, 4) is 0 Å². The maximum atomic E-state index is 9.86. The van der Waals surface area contributed by atoms with Crippen LogP contribution in [0.3, 0.4) is 0 Å². The van der Waals surface area contributed by atoms with Crippen molar-refractivity contribution in [3.05, 3.63) is 12.3 Å². The molecule has 1 fully saturated rings. The van der Waals surface area contributed by atoms with Crippen molar-refractivity contribution in [2.75, 3.05) is 52.4 Å². The fourth-order valence-electron chi connectivity index (χ4n) is 3.57. The van der Waals surface area contributed by atoms with E-state index in [9.17, 15) is 5.11 Å². The van der Waals surface area contributed by atoms with Crippen LogP contribution in [0.25, 0.3) is 0 Å². The van der Waals surface area contributed by atoms with E-state index in [1.165, 1.54) is 5.71 Å². The fraction of sp³-hybridized carbons (Fsp3) is 0.722. The molecule has 3 aliphatic rings. The summed E-state index contributed by atoms with van der Waals surface area (Å²) >= 11 is 0.